The van der Waals surface area contributed by atoms with Crippen LogP contribution in [0.1, 0.15) is 15.5 Å². The summed E-state index contributed by atoms with van der Waals surface area (Å²) in [4.78, 5) is 14.2. The summed E-state index contributed by atoms with van der Waals surface area (Å²) < 4.78 is 5.26. The Bertz CT molecular complexity index is 762. The van der Waals surface area contributed by atoms with Gasteiger partial charge < -0.3 is 9.84 Å². The molecule has 2 heterocycles. The van der Waals surface area contributed by atoms with Crippen LogP contribution in [0, 0.1) is 6.92 Å². The van der Waals surface area contributed by atoms with Gasteiger partial charge in [0.25, 0.3) is 0 Å². The van der Waals surface area contributed by atoms with E-state index >= 15 is 0 Å². The third-order valence-electron chi connectivity index (χ3n) is 3.22. The number of thiophene rings is 1. The summed E-state index contributed by atoms with van der Waals surface area (Å²) in [6.45, 7) is 2.38. The highest BCUT2D eigenvalue weighted by Crippen LogP contribution is 2.18. The van der Waals surface area contributed by atoms with Gasteiger partial charge in [0.15, 0.2) is 5.76 Å². The fourth-order valence-corrected chi connectivity index (χ4v) is 3.02. The number of hydrogen-bond acceptors (Lipinski definition) is 4. The van der Waals surface area contributed by atoms with Gasteiger partial charge in [-0.3, -0.25) is 4.79 Å². The quantitative estimate of drug-likeness (QED) is 0.783. The minimum absolute atomic E-state index is 0.0143. The zero-order chi connectivity index (χ0) is 15.4. The minimum Gasteiger partial charge on any atom is -0.359 e. The van der Waals surface area contributed by atoms with Crippen LogP contribution in [0.5, 0.6) is 0 Å². The molecule has 0 aliphatic heterocycles. The summed E-state index contributed by atoms with van der Waals surface area (Å²) in [5.41, 5.74) is 1.77. The van der Waals surface area contributed by atoms with E-state index in [0.29, 0.717) is 18.7 Å². The van der Waals surface area contributed by atoms with Crippen molar-refractivity contribution in [2.45, 2.75) is 19.9 Å². The largest absolute Gasteiger partial charge is 0.359 e. The normalized spacial score (nSPS) is 10.6. The number of hydrogen-bond donors (Lipinski definition) is 1. The van der Waals surface area contributed by atoms with E-state index in [4.69, 9.17) is 4.52 Å². The van der Waals surface area contributed by atoms with Crippen LogP contribution in [0.3, 0.4) is 0 Å². The molecule has 0 spiro atoms. The number of aryl methyl sites for hydroxylation is 1. The summed E-state index contributed by atoms with van der Waals surface area (Å²) in [5.74, 6) is 0.633. The molecule has 112 valence electrons. The number of aromatic nitrogens is 1. The van der Waals surface area contributed by atoms with Crippen molar-refractivity contribution in [2.24, 2.45) is 0 Å². The molecule has 0 aliphatic carbocycles. The van der Waals surface area contributed by atoms with Crippen LogP contribution in [0.15, 0.2) is 53.1 Å². The monoisotopic (exact) mass is 312 g/mol. The van der Waals surface area contributed by atoms with E-state index in [2.05, 4.69) is 10.5 Å². The molecule has 0 atom stereocenters. The second kappa shape index (κ2) is 6.58. The van der Waals surface area contributed by atoms with Crippen molar-refractivity contribution in [2.75, 3.05) is 0 Å². The topological polar surface area (TPSA) is 55.1 Å². The van der Waals surface area contributed by atoms with Crippen molar-refractivity contribution >= 4 is 17.2 Å². The molecule has 0 radical (unpaired) electrons. The van der Waals surface area contributed by atoms with Crippen LogP contribution >= 0.6 is 11.3 Å². The zero-order valence-corrected chi connectivity index (χ0v) is 13.0. The second-order valence-corrected chi connectivity index (χ2v) is 6.38. The van der Waals surface area contributed by atoms with Crippen LogP contribution in [0.4, 0.5) is 0 Å². The van der Waals surface area contributed by atoms with Gasteiger partial charge in [-0.2, -0.15) is 0 Å². The van der Waals surface area contributed by atoms with Gasteiger partial charge in [-0.25, -0.2) is 0 Å². The SMILES string of the molecule is Cc1ccc(CC(=O)NCc2cc(-c3ccccc3)no2)s1. The molecule has 0 saturated heterocycles. The molecule has 0 unspecified atom stereocenters. The fraction of sp³-hybridized carbons (Fsp3) is 0.176. The van der Waals surface area contributed by atoms with Gasteiger partial charge in [0.05, 0.1) is 13.0 Å². The number of carbonyl (C=O) groups excluding carboxylic acids is 1. The van der Waals surface area contributed by atoms with Crippen LogP contribution < -0.4 is 5.32 Å². The maximum Gasteiger partial charge on any atom is 0.225 e. The average Bonchev–Trinajstić information content (AvgIpc) is 3.15. The van der Waals surface area contributed by atoms with Gasteiger partial charge in [0.1, 0.15) is 5.69 Å². The molecule has 2 aromatic heterocycles. The van der Waals surface area contributed by atoms with E-state index in [1.807, 2.05) is 55.5 Å². The summed E-state index contributed by atoms with van der Waals surface area (Å²) in [7, 11) is 0. The molecule has 22 heavy (non-hydrogen) atoms. The van der Waals surface area contributed by atoms with E-state index in [1.165, 1.54) is 4.88 Å². The number of amides is 1. The first kappa shape index (κ1) is 14.5. The molecule has 3 aromatic rings. The molecule has 0 saturated carbocycles. The number of benzene rings is 1. The zero-order valence-electron chi connectivity index (χ0n) is 12.2. The molecular weight excluding hydrogens is 296 g/mol. The van der Waals surface area contributed by atoms with E-state index < -0.39 is 0 Å². The van der Waals surface area contributed by atoms with E-state index in [9.17, 15) is 4.79 Å². The van der Waals surface area contributed by atoms with Crippen molar-refractivity contribution in [3.63, 3.8) is 0 Å². The fourth-order valence-electron chi connectivity index (χ4n) is 2.13. The minimum atomic E-state index is -0.0143. The maximum absolute atomic E-state index is 11.9. The number of rotatable bonds is 5. The van der Waals surface area contributed by atoms with Crippen molar-refractivity contribution in [3.05, 3.63) is 64.0 Å². The Morgan fingerprint density at radius 1 is 1.23 bits per heavy atom. The smallest absolute Gasteiger partial charge is 0.225 e. The Labute approximate surface area is 132 Å². The second-order valence-electron chi connectivity index (χ2n) is 5.01. The first-order valence-corrected chi connectivity index (χ1v) is 7.85. The predicted molar refractivity (Wildman–Crippen MR) is 86.5 cm³/mol. The lowest BCUT2D eigenvalue weighted by Crippen LogP contribution is -2.23. The number of nitrogens with one attached hydrogen (secondary N) is 1. The third-order valence-corrected chi connectivity index (χ3v) is 4.22. The lowest BCUT2D eigenvalue weighted by Gasteiger charge is -2.00. The average molecular weight is 312 g/mol. The Morgan fingerprint density at radius 2 is 2.05 bits per heavy atom. The molecule has 5 heteroatoms. The van der Waals surface area contributed by atoms with Gasteiger partial charge in [-0.1, -0.05) is 35.5 Å². The van der Waals surface area contributed by atoms with Gasteiger partial charge >= 0.3 is 0 Å². The van der Waals surface area contributed by atoms with E-state index in [-0.39, 0.29) is 5.91 Å². The summed E-state index contributed by atoms with van der Waals surface area (Å²) >= 11 is 1.64. The highest BCUT2D eigenvalue weighted by atomic mass is 32.1. The van der Waals surface area contributed by atoms with Gasteiger partial charge in [-0.05, 0) is 19.1 Å². The Hall–Kier alpha value is -2.40. The van der Waals surface area contributed by atoms with Gasteiger partial charge in [0, 0.05) is 21.4 Å². The first-order valence-electron chi connectivity index (χ1n) is 7.04. The highest BCUT2D eigenvalue weighted by molar-refractivity contribution is 7.12. The third kappa shape index (κ3) is 3.62. The van der Waals surface area contributed by atoms with Crippen molar-refractivity contribution in [1.29, 1.82) is 0 Å². The molecule has 0 bridgehead atoms. The summed E-state index contributed by atoms with van der Waals surface area (Å²) in [5, 5.41) is 6.88. The van der Waals surface area contributed by atoms with Crippen molar-refractivity contribution in [1.82, 2.24) is 10.5 Å². The standard InChI is InChI=1S/C17H16N2O2S/c1-12-7-8-15(22-12)10-17(20)18-11-14-9-16(19-21-14)13-5-3-2-4-6-13/h2-9H,10-11H2,1H3,(H,18,20). The highest BCUT2D eigenvalue weighted by Gasteiger charge is 2.09. The molecule has 1 aromatic carbocycles. The van der Waals surface area contributed by atoms with Crippen LogP contribution in [0.25, 0.3) is 11.3 Å². The van der Waals surface area contributed by atoms with Gasteiger partial charge in [0.2, 0.25) is 5.91 Å². The lowest BCUT2D eigenvalue weighted by atomic mass is 10.1. The van der Waals surface area contributed by atoms with E-state index in [1.54, 1.807) is 11.3 Å². The molecule has 4 nitrogen and oxygen atoms in total. The molecule has 0 aliphatic rings. The molecule has 1 N–H and O–H groups in total. The van der Waals surface area contributed by atoms with Gasteiger partial charge in [-0.15, -0.1) is 11.3 Å². The predicted octanol–water partition coefficient (Wildman–Crippen LogP) is 3.57. The summed E-state index contributed by atoms with van der Waals surface area (Å²) in [6.07, 6.45) is 0.401. The van der Waals surface area contributed by atoms with Crippen LogP contribution in [-0.4, -0.2) is 11.1 Å². The molecule has 3 rings (SSSR count). The Kier molecular flexibility index (Phi) is 4.34. The number of nitrogens with zero attached hydrogens (tertiary/aromatic N) is 1. The molecule has 0 fully saturated rings. The summed E-state index contributed by atoms with van der Waals surface area (Å²) in [6, 6.07) is 15.7. The molecular formula is C17H16N2O2S. The van der Waals surface area contributed by atoms with Crippen molar-refractivity contribution < 1.29 is 9.32 Å². The van der Waals surface area contributed by atoms with Crippen LogP contribution in [0.2, 0.25) is 0 Å². The molecule has 1 amide bonds. The Balaban J connectivity index is 1.56. The number of carbonyl (C=O) groups is 1. The van der Waals surface area contributed by atoms with Crippen LogP contribution in [-0.2, 0) is 17.8 Å². The lowest BCUT2D eigenvalue weighted by molar-refractivity contribution is -0.120. The van der Waals surface area contributed by atoms with Crippen molar-refractivity contribution in [3.8, 4) is 11.3 Å². The first-order chi connectivity index (χ1) is 10.7. The maximum atomic E-state index is 11.9. The van der Waals surface area contributed by atoms with E-state index in [0.717, 1.165) is 16.1 Å². The Morgan fingerprint density at radius 3 is 2.77 bits per heavy atom.